The summed E-state index contributed by atoms with van der Waals surface area (Å²) in [5.41, 5.74) is 0.980. The molecule has 2 aromatic carbocycles. The maximum atomic E-state index is 13.7. The highest BCUT2D eigenvalue weighted by Gasteiger charge is 2.15. The summed E-state index contributed by atoms with van der Waals surface area (Å²) in [7, 11) is 0. The average Bonchev–Trinajstić information content (AvgIpc) is 2.67. The van der Waals surface area contributed by atoms with E-state index in [4.69, 9.17) is 4.74 Å². The molecule has 2 aromatic rings. The zero-order valence-corrected chi connectivity index (χ0v) is 14.8. The molecule has 1 atom stereocenters. The maximum absolute atomic E-state index is 13.7. The fourth-order valence-corrected chi connectivity index (χ4v) is 2.96. The average molecular weight is 376 g/mol. The topological polar surface area (TPSA) is 61.8 Å². The van der Waals surface area contributed by atoms with Crippen molar-refractivity contribution in [3.05, 3.63) is 65.2 Å². The molecule has 5 nitrogen and oxygen atoms in total. The van der Waals surface area contributed by atoms with Crippen LogP contribution in [0.5, 0.6) is 0 Å². The van der Waals surface area contributed by atoms with E-state index >= 15 is 0 Å². The molecular weight excluding hydrogens is 354 g/mol. The maximum Gasteiger partial charge on any atom is 0.258 e. The molecule has 2 N–H and O–H groups in total. The number of ether oxygens (including phenoxy) is 1. The Morgan fingerprint density at radius 2 is 1.85 bits per heavy atom. The highest BCUT2D eigenvalue weighted by atomic mass is 19.1. The van der Waals surface area contributed by atoms with Crippen molar-refractivity contribution < 1.29 is 23.4 Å². The lowest BCUT2D eigenvalue weighted by Gasteiger charge is -2.27. The number of rotatable bonds is 6. The summed E-state index contributed by atoms with van der Waals surface area (Å²) in [5, 5.41) is 12.9. The van der Waals surface area contributed by atoms with Gasteiger partial charge in [0.05, 0.1) is 24.9 Å². The first-order chi connectivity index (χ1) is 13.0. The van der Waals surface area contributed by atoms with E-state index in [1.807, 2.05) is 0 Å². The van der Waals surface area contributed by atoms with E-state index in [1.54, 1.807) is 24.3 Å². The summed E-state index contributed by atoms with van der Waals surface area (Å²) in [6, 6.07) is 9.54. The van der Waals surface area contributed by atoms with Crippen LogP contribution in [-0.2, 0) is 4.74 Å². The minimum absolute atomic E-state index is 0.231. The van der Waals surface area contributed by atoms with E-state index in [1.165, 1.54) is 0 Å². The molecular formula is C20H22F2N2O3. The molecule has 1 unspecified atom stereocenters. The number of morpholine rings is 1. The van der Waals surface area contributed by atoms with Crippen LogP contribution in [0.25, 0.3) is 0 Å². The lowest BCUT2D eigenvalue weighted by Crippen LogP contribution is -2.37. The number of aliphatic hydroxyl groups is 1. The number of hydrogen-bond acceptors (Lipinski definition) is 4. The SMILES string of the molecule is O=C(Nc1ccc(C(O)CCN2CCOCC2)cc1)c1ccc(F)cc1F. The summed E-state index contributed by atoms with van der Waals surface area (Å²) in [6.45, 7) is 3.97. The first-order valence-electron chi connectivity index (χ1n) is 8.87. The van der Waals surface area contributed by atoms with Crippen molar-refractivity contribution in [3.63, 3.8) is 0 Å². The quantitative estimate of drug-likeness (QED) is 0.814. The highest BCUT2D eigenvalue weighted by molar-refractivity contribution is 6.04. The van der Waals surface area contributed by atoms with E-state index in [0.717, 1.165) is 50.5 Å². The number of carbonyl (C=O) groups excluding carboxylic acids is 1. The number of halogens is 2. The van der Waals surface area contributed by atoms with E-state index in [0.29, 0.717) is 18.2 Å². The van der Waals surface area contributed by atoms with Gasteiger partial charge in [-0.05, 0) is 36.2 Å². The number of anilines is 1. The molecule has 3 rings (SSSR count). The highest BCUT2D eigenvalue weighted by Crippen LogP contribution is 2.20. The molecule has 144 valence electrons. The van der Waals surface area contributed by atoms with Crippen molar-refractivity contribution in [3.8, 4) is 0 Å². The van der Waals surface area contributed by atoms with Crippen LogP contribution in [0.3, 0.4) is 0 Å². The molecule has 1 heterocycles. The molecule has 7 heteroatoms. The van der Waals surface area contributed by atoms with Crippen LogP contribution in [0, 0.1) is 11.6 Å². The fourth-order valence-electron chi connectivity index (χ4n) is 2.96. The number of nitrogens with zero attached hydrogens (tertiary/aromatic N) is 1. The largest absolute Gasteiger partial charge is 0.388 e. The molecule has 1 saturated heterocycles. The van der Waals surface area contributed by atoms with Crippen molar-refractivity contribution in [2.75, 3.05) is 38.2 Å². The molecule has 1 aliphatic heterocycles. The van der Waals surface area contributed by atoms with Gasteiger partial charge in [0.15, 0.2) is 0 Å². The molecule has 0 aliphatic carbocycles. The van der Waals surface area contributed by atoms with Gasteiger partial charge in [0.2, 0.25) is 0 Å². The molecule has 0 bridgehead atoms. The minimum Gasteiger partial charge on any atom is -0.388 e. The van der Waals surface area contributed by atoms with Crippen LogP contribution in [0.2, 0.25) is 0 Å². The number of benzene rings is 2. The summed E-state index contributed by atoms with van der Waals surface area (Å²) < 4.78 is 31.9. The Labute approximate surface area is 156 Å². The van der Waals surface area contributed by atoms with Gasteiger partial charge in [0.25, 0.3) is 5.91 Å². The third-order valence-electron chi connectivity index (χ3n) is 4.55. The Balaban J connectivity index is 1.55. The summed E-state index contributed by atoms with van der Waals surface area (Å²) in [5.74, 6) is -2.31. The Bertz CT molecular complexity index is 777. The van der Waals surface area contributed by atoms with Gasteiger partial charge in [-0.3, -0.25) is 9.69 Å². The van der Waals surface area contributed by atoms with E-state index in [-0.39, 0.29) is 5.56 Å². The second-order valence-electron chi connectivity index (χ2n) is 6.46. The van der Waals surface area contributed by atoms with Gasteiger partial charge in [-0.2, -0.15) is 0 Å². The third-order valence-corrected chi connectivity index (χ3v) is 4.55. The molecule has 0 spiro atoms. The van der Waals surface area contributed by atoms with Crippen molar-refractivity contribution >= 4 is 11.6 Å². The fraction of sp³-hybridized carbons (Fsp3) is 0.350. The van der Waals surface area contributed by atoms with Gasteiger partial charge in [-0.1, -0.05) is 12.1 Å². The van der Waals surface area contributed by atoms with Crippen molar-refractivity contribution in [1.82, 2.24) is 4.90 Å². The van der Waals surface area contributed by atoms with Gasteiger partial charge in [-0.15, -0.1) is 0 Å². The van der Waals surface area contributed by atoms with E-state index < -0.39 is 23.6 Å². The third kappa shape index (κ3) is 5.32. The minimum atomic E-state index is -0.914. The van der Waals surface area contributed by atoms with Crippen LogP contribution >= 0.6 is 0 Å². The Hall–Kier alpha value is -2.35. The molecule has 0 aromatic heterocycles. The lowest BCUT2D eigenvalue weighted by atomic mass is 10.1. The van der Waals surface area contributed by atoms with Crippen LogP contribution in [0.4, 0.5) is 14.5 Å². The number of nitrogens with one attached hydrogen (secondary N) is 1. The zero-order chi connectivity index (χ0) is 19.2. The number of aliphatic hydroxyl groups excluding tert-OH is 1. The van der Waals surface area contributed by atoms with Gasteiger partial charge in [0.1, 0.15) is 11.6 Å². The normalized spacial score (nSPS) is 16.1. The van der Waals surface area contributed by atoms with Gasteiger partial charge < -0.3 is 15.2 Å². The van der Waals surface area contributed by atoms with Gasteiger partial charge in [-0.25, -0.2) is 8.78 Å². The molecule has 1 amide bonds. The van der Waals surface area contributed by atoms with Crippen molar-refractivity contribution in [2.24, 2.45) is 0 Å². The monoisotopic (exact) mass is 376 g/mol. The molecule has 0 saturated carbocycles. The second-order valence-corrected chi connectivity index (χ2v) is 6.46. The predicted octanol–water partition coefficient (Wildman–Crippen LogP) is 2.97. The molecule has 1 fully saturated rings. The molecule has 1 aliphatic rings. The van der Waals surface area contributed by atoms with Crippen LogP contribution in [0.1, 0.15) is 28.4 Å². The van der Waals surface area contributed by atoms with Crippen molar-refractivity contribution in [1.29, 1.82) is 0 Å². The Morgan fingerprint density at radius 3 is 2.52 bits per heavy atom. The predicted molar refractivity (Wildman–Crippen MR) is 97.6 cm³/mol. The van der Waals surface area contributed by atoms with Crippen LogP contribution < -0.4 is 5.32 Å². The van der Waals surface area contributed by atoms with Crippen LogP contribution in [0.15, 0.2) is 42.5 Å². The smallest absolute Gasteiger partial charge is 0.258 e. The standard InChI is InChI=1S/C20H22F2N2O3/c21-15-3-6-17(18(22)13-15)20(26)23-16-4-1-14(2-5-16)19(25)7-8-24-9-11-27-12-10-24/h1-6,13,19,25H,7-12H2,(H,23,26). The molecule has 27 heavy (non-hydrogen) atoms. The van der Waals surface area contributed by atoms with E-state index in [9.17, 15) is 18.7 Å². The first kappa shape index (κ1) is 19.4. The Morgan fingerprint density at radius 1 is 1.15 bits per heavy atom. The zero-order valence-electron chi connectivity index (χ0n) is 14.8. The summed E-state index contributed by atoms with van der Waals surface area (Å²) in [4.78, 5) is 14.4. The number of hydrogen-bond donors (Lipinski definition) is 2. The van der Waals surface area contributed by atoms with Crippen LogP contribution in [-0.4, -0.2) is 48.8 Å². The molecule has 0 radical (unpaired) electrons. The Kier molecular flexibility index (Phi) is 6.49. The van der Waals surface area contributed by atoms with Gasteiger partial charge >= 0.3 is 0 Å². The lowest BCUT2D eigenvalue weighted by molar-refractivity contribution is 0.0300. The summed E-state index contributed by atoms with van der Waals surface area (Å²) >= 11 is 0. The number of amides is 1. The van der Waals surface area contributed by atoms with Gasteiger partial charge in [0, 0.05) is 31.4 Å². The van der Waals surface area contributed by atoms with Crippen molar-refractivity contribution in [2.45, 2.75) is 12.5 Å². The second kappa shape index (κ2) is 9.03. The summed E-state index contributed by atoms with van der Waals surface area (Å²) in [6.07, 6.45) is -0.000833. The first-order valence-corrected chi connectivity index (χ1v) is 8.87. The number of carbonyl (C=O) groups is 1. The van der Waals surface area contributed by atoms with E-state index in [2.05, 4.69) is 10.2 Å².